The third-order valence-corrected chi connectivity index (χ3v) is 2.81. The summed E-state index contributed by atoms with van der Waals surface area (Å²) in [6.07, 6.45) is 0. The van der Waals surface area contributed by atoms with Crippen LogP contribution in [0.5, 0.6) is 0 Å². The number of nitrogens with zero attached hydrogens (tertiary/aromatic N) is 1. The van der Waals surface area contributed by atoms with Crippen molar-refractivity contribution in [3.8, 4) is 17.2 Å². The van der Waals surface area contributed by atoms with Crippen molar-refractivity contribution in [2.45, 2.75) is 0 Å². The van der Waals surface area contributed by atoms with Crippen molar-refractivity contribution in [1.29, 1.82) is 5.26 Å². The SMILES string of the molecule is N#Cc1cc(F)ccc1-c1cc(Br)ccc1F. The maximum atomic E-state index is 13.6. The Labute approximate surface area is 105 Å². The standard InChI is InChI=1S/C13H6BrF2N/c14-9-1-4-13(16)12(6-9)11-3-2-10(15)5-8(11)7-17/h1-6H. The molecule has 0 aliphatic heterocycles. The lowest BCUT2D eigenvalue weighted by Gasteiger charge is -2.06. The minimum atomic E-state index is -0.513. The Morgan fingerprint density at radius 1 is 1.00 bits per heavy atom. The Morgan fingerprint density at radius 2 is 1.76 bits per heavy atom. The van der Waals surface area contributed by atoms with Gasteiger partial charge in [0.15, 0.2) is 0 Å². The molecule has 0 bridgehead atoms. The molecule has 0 N–H and O–H groups in total. The van der Waals surface area contributed by atoms with E-state index in [9.17, 15) is 8.78 Å². The Hall–Kier alpha value is -1.73. The van der Waals surface area contributed by atoms with Crippen LogP contribution in [-0.4, -0.2) is 0 Å². The summed E-state index contributed by atoms with van der Waals surface area (Å²) in [4.78, 5) is 0. The maximum absolute atomic E-state index is 13.6. The van der Waals surface area contributed by atoms with Crippen molar-refractivity contribution in [2.24, 2.45) is 0 Å². The maximum Gasteiger partial charge on any atom is 0.131 e. The third-order valence-electron chi connectivity index (χ3n) is 2.32. The predicted octanol–water partition coefficient (Wildman–Crippen LogP) is 4.27. The second kappa shape index (κ2) is 4.64. The van der Waals surface area contributed by atoms with E-state index in [0.717, 1.165) is 6.07 Å². The number of hydrogen-bond donors (Lipinski definition) is 0. The van der Waals surface area contributed by atoms with Crippen LogP contribution in [0, 0.1) is 23.0 Å². The van der Waals surface area contributed by atoms with Crippen molar-refractivity contribution < 1.29 is 8.78 Å². The van der Waals surface area contributed by atoms with E-state index in [0.29, 0.717) is 10.0 Å². The molecule has 2 aromatic carbocycles. The molecule has 0 aromatic heterocycles. The van der Waals surface area contributed by atoms with Gasteiger partial charge in [0.25, 0.3) is 0 Å². The zero-order valence-electron chi connectivity index (χ0n) is 8.55. The normalized spacial score (nSPS) is 10.0. The average molecular weight is 294 g/mol. The van der Waals surface area contributed by atoms with E-state index in [1.807, 2.05) is 6.07 Å². The fraction of sp³-hybridized carbons (Fsp3) is 0. The van der Waals surface area contributed by atoms with E-state index >= 15 is 0 Å². The van der Waals surface area contributed by atoms with Gasteiger partial charge in [-0.15, -0.1) is 0 Å². The van der Waals surface area contributed by atoms with Crippen molar-refractivity contribution >= 4 is 15.9 Å². The average Bonchev–Trinajstić information content (AvgIpc) is 2.32. The van der Waals surface area contributed by atoms with Gasteiger partial charge in [0, 0.05) is 15.6 Å². The summed E-state index contributed by atoms with van der Waals surface area (Å²) in [6, 6.07) is 9.98. The third kappa shape index (κ3) is 2.34. The Morgan fingerprint density at radius 3 is 2.47 bits per heavy atom. The van der Waals surface area contributed by atoms with Crippen LogP contribution in [0.4, 0.5) is 8.78 Å². The van der Waals surface area contributed by atoms with E-state index in [2.05, 4.69) is 15.9 Å². The molecule has 0 saturated carbocycles. The van der Waals surface area contributed by atoms with Crippen molar-refractivity contribution in [1.82, 2.24) is 0 Å². The van der Waals surface area contributed by atoms with Gasteiger partial charge in [0.2, 0.25) is 0 Å². The topological polar surface area (TPSA) is 23.8 Å². The number of nitriles is 1. The van der Waals surface area contributed by atoms with Crippen LogP contribution in [0.25, 0.3) is 11.1 Å². The van der Waals surface area contributed by atoms with Gasteiger partial charge >= 0.3 is 0 Å². The molecule has 0 atom stereocenters. The molecule has 0 aliphatic carbocycles. The first-order chi connectivity index (χ1) is 8.11. The number of halogens is 3. The van der Waals surface area contributed by atoms with Crippen LogP contribution in [0.15, 0.2) is 40.9 Å². The largest absolute Gasteiger partial charge is 0.207 e. The molecule has 0 heterocycles. The summed E-state index contributed by atoms with van der Waals surface area (Å²) in [6.45, 7) is 0. The van der Waals surface area contributed by atoms with Crippen LogP contribution in [-0.2, 0) is 0 Å². The summed E-state index contributed by atoms with van der Waals surface area (Å²) in [5.41, 5.74) is 0.769. The van der Waals surface area contributed by atoms with Crippen LogP contribution >= 0.6 is 15.9 Å². The first-order valence-electron chi connectivity index (χ1n) is 4.77. The zero-order valence-corrected chi connectivity index (χ0v) is 10.1. The summed E-state index contributed by atoms with van der Waals surface area (Å²) in [5, 5.41) is 8.91. The highest BCUT2D eigenvalue weighted by atomic mass is 79.9. The summed E-state index contributed by atoms with van der Waals surface area (Å²) >= 11 is 3.23. The molecule has 2 rings (SSSR count). The lowest BCUT2D eigenvalue weighted by atomic mass is 10.00. The van der Waals surface area contributed by atoms with Gasteiger partial charge in [0.05, 0.1) is 11.6 Å². The van der Waals surface area contributed by atoms with Crippen molar-refractivity contribution in [3.05, 3.63) is 58.1 Å². The smallest absolute Gasteiger partial charge is 0.131 e. The quantitative estimate of drug-likeness (QED) is 0.770. The molecule has 84 valence electrons. The summed E-state index contributed by atoms with van der Waals surface area (Å²) in [5.74, 6) is -0.961. The highest BCUT2D eigenvalue weighted by Gasteiger charge is 2.11. The highest BCUT2D eigenvalue weighted by Crippen LogP contribution is 2.29. The molecule has 0 unspecified atom stereocenters. The van der Waals surface area contributed by atoms with E-state index in [1.54, 1.807) is 12.1 Å². The Bertz CT molecular complexity index is 617. The van der Waals surface area contributed by atoms with Gasteiger partial charge in [0.1, 0.15) is 11.6 Å². The van der Waals surface area contributed by atoms with Gasteiger partial charge in [-0.3, -0.25) is 0 Å². The first-order valence-corrected chi connectivity index (χ1v) is 5.56. The molecule has 0 aliphatic rings. The number of rotatable bonds is 1. The molecule has 0 amide bonds. The van der Waals surface area contributed by atoms with Crippen LogP contribution < -0.4 is 0 Å². The molecule has 0 fully saturated rings. The lowest BCUT2D eigenvalue weighted by molar-refractivity contribution is 0.625. The van der Waals surface area contributed by atoms with E-state index in [-0.39, 0.29) is 11.1 Å². The predicted molar refractivity (Wildman–Crippen MR) is 64.2 cm³/mol. The Balaban J connectivity index is 2.69. The molecule has 1 nitrogen and oxygen atoms in total. The fourth-order valence-electron chi connectivity index (χ4n) is 1.55. The van der Waals surface area contributed by atoms with E-state index in [4.69, 9.17) is 5.26 Å². The summed E-state index contributed by atoms with van der Waals surface area (Å²) in [7, 11) is 0. The van der Waals surface area contributed by atoms with Gasteiger partial charge < -0.3 is 0 Å². The molecule has 0 spiro atoms. The van der Waals surface area contributed by atoms with E-state index in [1.165, 1.54) is 18.2 Å². The number of benzene rings is 2. The van der Waals surface area contributed by atoms with Gasteiger partial charge in [-0.25, -0.2) is 8.78 Å². The number of hydrogen-bond acceptors (Lipinski definition) is 1. The first kappa shape index (κ1) is 11.7. The minimum Gasteiger partial charge on any atom is -0.207 e. The second-order valence-corrected chi connectivity index (χ2v) is 4.34. The van der Waals surface area contributed by atoms with E-state index < -0.39 is 11.6 Å². The van der Waals surface area contributed by atoms with Crippen LogP contribution in [0.3, 0.4) is 0 Å². The second-order valence-electron chi connectivity index (χ2n) is 3.43. The van der Waals surface area contributed by atoms with Crippen molar-refractivity contribution in [3.63, 3.8) is 0 Å². The Kier molecular flexibility index (Phi) is 3.21. The van der Waals surface area contributed by atoms with Crippen LogP contribution in [0.2, 0.25) is 0 Å². The molecule has 0 saturated heterocycles. The molecule has 4 heteroatoms. The molecule has 17 heavy (non-hydrogen) atoms. The van der Waals surface area contributed by atoms with Crippen LogP contribution in [0.1, 0.15) is 5.56 Å². The summed E-state index contributed by atoms with van der Waals surface area (Å²) < 4.78 is 27.3. The fourth-order valence-corrected chi connectivity index (χ4v) is 1.91. The molecular weight excluding hydrogens is 288 g/mol. The zero-order chi connectivity index (χ0) is 12.4. The molecule has 2 aromatic rings. The van der Waals surface area contributed by atoms with Gasteiger partial charge in [-0.2, -0.15) is 5.26 Å². The van der Waals surface area contributed by atoms with Gasteiger partial charge in [-0.1, -0.05) is 22.0 Å². The molecular formula is C13H6BrF2N. The van der Waals surface area contributed by atoms with Crippen molar-refractivity contribution in [2.75, 3.05) is 0 Å². The van der Waals surface area contributed by atoms with Gasteiger partial charge in [-0.05, 0) is 30.3 Å². The minimum absolute atomic E-state index is 0.113. The highest BCUT2D eigenvalue weighted by molar-refractivity contribution is 9.10. The molecule has 0 radical (unpaired) electrons. The monoisotopic (exact) mass is 293 g/mol. The lowest BCUT2D eigenvalue weighted by Crippen LogP contribution is -1.90.